The van der Waals surface area contributed by atoms with E-state index in [4.69, 9.17) is 0 Å². The molecule has 0 bridgehead atoms. The molecule has 2 fully saturated rings. The van der Waals surface area contributed by atoms with Crippen LogP contribution in [0.15, 0.2) is 72.1 Å². The number of carbonyl (C=O) groups is 2. The van der Waals surface area contributed by atoms with E-state index < -0.39 is 0 Å². The number of rotatable bonds is 4. The van der Waals surface area contributed by atoms with Crippen molar-refractivity contribution in [2.75, 3.05) is 0 Å². The topological polar surface area (TPSA) is 58.2 Å². The van der Waals surface area contributed by atoms with E-state index in [-0.39, 0.29) is 28.6 Å². The fourth-order valence-electron chi connectivity index (χ4n) is 4.26. The van der Waals surface area contributed by atoms with E-state index in [0.717, 1.165) is 32.0 Å². The summed E-state index contributed by atoms with van der Waals surface area (Å²) in [5.74, 6) is 0.186. The van der Waals surface area contributed by atoms with Crippen LogP contribution in [0.5, 0.6) is 0 Å². The first-order valence-corrected chi connectivity index (χ1v) is 12.2. The van der Waals surface area contributed by atoms with Gasteiger partial charge in [-0.2, -0.15) is 0 Å². The maximum absolute atomic E-state index is 11.9. The Labute approximate surface area is 216 Å². The van der Waals surface area contributed by atoms with Crippen LogP contribution in [0.3, 0.4) is 0 Å². The van der Waals surface area contributed by atoms with Crippen LogP contribution >= 0.6 is 0 Å². The molecule has 4 aliphatic rings. The molecule has 0 amide bonds. The first kappa shape index (κ1) is 25.0. The van der Waals surface area contributed by atoms with Gasteiger partial charge in [-0.25, -0.2) is 0 Å². The number of ketones is 2. The van der Waals surface area contributed by atoms with Crippen molar-refractivity contribution in [3.8, 4) is 0 Å². The van der Waals surface area contributed by atoms with Crippen molar-refractivity contribution < 1.29 is 26.7 Å². The molecule has 0 heterocycles. The fraction of sp³-hybridized carbons (Fsp3) is 0.267. The Morgan fingerprint density at radius 2 is 0.914 bits per heavy atom. The number of hydrogen-bond acceptors (Lipinski definition) is 4. The van der Waals surface area contributed by atoms with E-state index in [1.807, 2.05) is 73.1 Å². The van der Waals surface area contributed by atoms with Gasteiger partial charge in [-0.1, -0.05) is 48.5 Å². The van der Waals surface area contributed by atoms with Crippen LogP contribution < -0.4 is 31.5 Å². The van der Waals surface area contributed by atoms with Crippen LogP contribution in [-0.2, 0) is 26.7 Å². The molecule has 5 heteroatoms. The summed E-state index contributed by atoms with van der Waals surface area (Å²) in [5.41, 5.74) is 1.52. The molecule has 4 nitrogen and oxygen atoms in total. The SMILES string of the molecule is O=C1C=c2ccccc2=CC1=CNC1CCC1.O=C1C=c2ccccc2=CC1=CNC1CCC1.[Cu]. The zero-order valence-corrected chi connectivity index (χ0v) is 20.5. The second-order valence-corrected chi connectivity index (χ2v) is 9.35. The quantitative estimate of drug-likeness (QED) is 0.483. The van der Waals surface area contributed by atoms with Crippen molar-refractivity contribution in [1.29, 1.82) is 0 Å². The molecule has 2 saturated carbocycles. The Kier molecular flexibility index (Phi) is 8.22. The Bertz CT molecular complexity index is 1300. The van der Waals surface area contributed by atoms with Gasteiger partial charge in [-0.05, 0) is 83.7 Å². The Morgan fingerprint density at radius 1 is 0.571 bits per heavy atom. The average molecular weight is 514 g/mol. The van der Waals surface area contributed by atoms with Gasteiger partial charge in [0, 0.05) is 52.7 Å². The minimum absolute atomic E-state index is 0. The molecule has 2 N–H and O–H groups in total. The van der Waals surface area contributed by atoms with Crippen LogP contribution in [0.25, 0.3) is 24.3 Å². The van der Waals surface area contributed by atoms with Gasteiger partial charge in [0.2, 0.25) is 0 Å². The van der Waals surface area contributed by atoms with Crippen LogP contribution in [0.1, 0.15) is 38.5 Å². The summed E-state index contributed by atoms with van der Waals surface area (Å²) < 4.78 is 0. The summed E-state index contributed by atoms with van der Waals surface area (Å²) in [6.07, 6.45) is 18.6. The first-order valence-electron chi connectivity index (χ1n) is 12.2. The first-order chi connectivity index (χ1) is 16.7. The number of carbonyl (C=O) groups excluding carboxylic acids is 2. The van der Waals surface area contributed by atoms with Crippen molar-refractivity contribution in [2.45, 2.75) is 50.6 Å². The van der Waals surface area contributed by atoms with Crippen LogP contribution in [0.4, 0.5) is 0 Å². The summed E-state index contributed by atoms with van der Waals surface area (Å²) in [5, 5.41) is 10.9. The van der Waals surface area contributed by atoms with E-state index in [0.29, 0.717) is 12.1 Å². The monoisotopic (exact) mass is 513 g/mol. The van der Waals surface area contributed by atoms with Crippen molar-refractivity contribution in [1.82, 2.24) is 10.6 Å². The molecule has 0 spiro atoms. The number of Topliss-reactive ketones (excluding diaryl/α,β-unsaturated/α-hetero) is 2. The third-order valence-corrected chi connectivity index (χ3v) is 6.92. The second kappa shape index (κ2) is 11.5. The summed E-state index contributed by atoms with van der Waals surface area (Å²) in [7, 11) is 0. The molecule has 0 aromatic heterocycles. The van der Waals surface area contributed by atoms with Gasteiger partial charge in [-0.3, -0.25) is 9.59 Å². The molecule has 0 saturated heterocycles. The van der Waals surface area contributed by atoms with E-state index in [1.54, 1.807) is 12.2 Å². The summed E-state index contributed by atoms with van der Waals surface area (Å²) in [4.78, 5) is 23.8. The van der Waals surface area contributed by atoms with E-state index in [1.165, 1.54) is 38.5 Å². The van der Waals surface area contributed by atoms with Crippen molar-refractivity contribution in [3.63, 3.8) is 0 Å². The number of fused-ring (bicyclic) bond motifs is 2. The standard InChI is InChI=1S/2C15H15NO.Cu/c2*17-15-9-12-5-2-1-4-11(12)8-13(15)10-16-14-6-3-7-14;/h2*1-2,4-5,8-10,14,16H,3,6-7H2;. The summed E-state index contributed by atoms with van der Waals surface area (Å²) in [6, 6.07) is 17.1. The van der Waals surface area contributed by atoms with Crippen molar-refractivity contribution in [2.24, 2.45) is 0 Å². The van der Waals surface area contributed by atoms with Gasteiger partial charge in [0.05, 0.1) is 0 Å². The Morgan fingerprint density at radius 3 is 1.23 bits per heavy atom. The molecule has 4 aliphatic carbocycles. The van der Waals surface area contributed by atoms with Crippen molar-refractivity contribution >= 4 is 35.9 Å². The predicted molar refractivity (Wildman–Crippen MR) is 137 cm³/mol. The van der Waals surface area contributed by atoms with E-state index in [2.05, 4.69) is 10.6 Å². The molecule has 0 atom stereocenters. The number of allylic oxidation sites excluding steroid dienone is 2. The summed E-state index contributed by atoms with van der Waals surface area (Å²) in [6.45, 7) is 0. The number of hydrogen-bond donors (Lipinski definition) is 2. The Balaban J connectivity index is 0.000000160. The number of benzene rings is 2. The van der Waals surface area contributed by atoms with Crippen molar-refractivity contribution in [3.05, 3.63) is 93.0 Å². The minimum atomic E-state index is 0. The summed E-state index contributed by atoms with van der Waals surface area (Å²) >= 11 is 0. The van der Waals surface area contributed by atoms with Gasteiger partial charge in [0.25, 0.3) is 0 Å². The molecule has 0 unspecified atom stereocenters. The predicted octanol–water partition coefficient (Wildman–Crippen LogP) is 1.71. The minimum Gasteiger partial charge on any atom is -0.388 e. The van der Waals surface area contributed by atoms with Crippen LogP contribution in [0.2, 0.25) is 0 Å². The molecule has 183 valence electrons. The molecule has 2 aromatic rings. The average Bonchev–Trinajstić information content (AvgIpc) is 2.78. The smallest absolute Gasteiger partial charge is 0.187 e. The largest absolute Gasteiger partial charge is 0.388 e. The van der Waals surface area contributed by atoms with Gasteiger partial charge < -0.3 is 10.6 Å². The van der Waals surface area contributed by atoms with E-state index in [9.17, 15) is 9.59 Å². The molecule has 2 aromatic carbocycles. The molecular weight excluding hydrogens is 484 g/mol. The van der Waals surface area contributed by atoms with Gasteiger partial charge >= 0.3 is 0 Å². The third-order valence-electron chi connectivity index (χ3n) is 6.92. The molecule has 1 radical (unpaired) electrons. The maximum Gasteiger partial charge on any atom is 0.187 e. The van der Waals surface area contributed by atoms with E-state index >= 15 is 0 Å². The van der Waals surface area contributed by atoms with Gasteiger partial charge in [0.1, 0.15) is 0 Å². The zero-order chi connectivity index (χ0) is 23.3. The molecule has 0 aliphatic heterocycles. The molecular formula is C30H30CuN2O2. The van der Waals surface area contributed by atoms with Crippen LogP contribution in [-0.4, -0.2) is 23.7 Å². The third kappa shape index (κ3) is 6.11. The van der Waals surface area contributed by atoms with Crippen LogP contribution in [0, 0.1) is 0 Å². The number of nitrogens with one attached hydrogen (secondary N) is 2. The zero-order valence-electron chi connectivity index (χ0n) is 19.6. The maximum atomic E-state index is 11.9. The Hall–Kier alpha value is -3.14. The second-order valence-electron chi connectivity index (χ2n) is 9.35. The van der Waals surface area contributed by atoms with Gasteiger partial charge in [-0.15, -0.1) is 0 Å². The molecule has 35 heavy (non-hydrogen) atoms. The molecule has 6 rings (SSSR count). The normalized spacial score (nSPS) is 20.6. The van der Waals surface area contributed by atoms with Gasteiger partial charge in [0.15, 0.2) is 11.6 Å². The fourth-order valence-corrected chi connectivity index (χ4v) is 4.26.